The highest BCUT2D eigenvalue weighted by molar-refractivity contribution is 6.30. The van der Waals surface area contributed by atoms with Crippen LogP contribution in [0.1, 0.15) is 30.1 Å². The summed E-state index contributed by atoms with van der Waals surface area (Å²) in [5, 5.41) is 9.74. The number of benzene rings is 1. The highest BCUT2D eigenvalue weighted by Crippen LogP contribution is 2.25. The van der Waals surface area contributed by atoms with E-state index in [0.717, 1.165) is 0 Å². The highest BCUT2D eigenvalue weighted by atomic mass is 35.5. The highest BCUT2D eigenvalue weighted by Gasteiger charge is 2.20. The molecule has 0 bridgehead atoms. The van der Waals surface area contributed by atoms with Crippen LogP contribution in [0.4, 0.5) is 0 Å². The maximum Gasteiger partial charge on any atom is 0.373 e. The van der Waals surface area contributed by atoms with E-state index in [2.05, 4.69) is 4.98 Å². The molecule has 0 saturated carbocycles. The van der Waals surface area contributed by atoms with E-state index in [-0.39, 0.29) is 5.76 Å². The van der Waals surface area contributed by atoms with Gasteiger partial charge in [0.15, 0.2) is 0 Å². The van der Waals surface area contributed by atoms with Gasteiger partial charge in [-0.1, -0.05) is 25.4 Å². The summed E-state index contributed by atoms with van der Waals surface area (Å²) >= 11 is 5.81. The number of hydrogen-bond acceptors (Lipinski definition) is 3. The minimum Gasteiger partial charge on any atom is -0.475 e. The van der Waals surface area contributed by atoms with Gasteiger partial charge in [0.05, 0.1) is 5.69 Å². The first kappa shape index (κ1) is 13.6. The van der Waals surface area contributed by atoms with E-state index >= 15 is 0 Å². The van der Waals surface area contributed by atoms with Crippen molar-refractivity contribution in [1.82, 2.24) is 4.98 Å². The van der Waals surface area contributed by atoms with E-state index in [4.69, 9.17) is 21.1 Å². The Morgan fingerprint density at radius 2 is 2.00 bits per heavy atom. The molecule has 0 atom stereocenters. The Balaban J connectivity index is 2.42. The van der Waals surface area contributed by atoms with Gasteiger partial charge in [0.1, 0.15) is 0 Å². The molecule has 0 fully saturated rings. The predicted octanol–water partition coefficient (Wildman–Crippen LogP) is 3.89. The molecule has 19 heavy (non-hydrogen) atoms. The Morgan fingerprint density at radius 1 is 1.37 bits per heavy atom. The van der Waals surface area contributed by atoms with Crippen LogP contribution in [-0.4, -0.2) is 16.1 Å². The van der Waals surface area contributed by atoms with Gasteiger partial charge in [-0.25, -0.2) is 9.78 Å². The molecule has 0 radical (unpaired) electrons. The molecule has 5 heteroatoms. The smallest absolute Gasteiger partial charge is 0.373 e. The second-order valence-electron chi connectivity index (χ2n) is 4.70. The zero-order valence-corrected chi connectivity index (χ0v) is 11.4. The van der Waals surface area contributed by atoms with Crippen LogP contribution >= 0.6 is 11.6 Å². The fourth-order valence-corrected chi connectivity index (χ4v) is 1.89. The predicted molar refractivity (Wildman–Crippen MR) is 72.5 cm³/mol. The minimum atomic E-state index is -1.09. The van der Waals surface area contributed by atoms with Crippen LogP contribution in [0.25, 0.3) is 11.5 Å². The van der Waals surface area contributed by atoms with Crippen LogP contribution in [0.5, 0.6) is 0 Å². The van der Waals surface area contributed by atoms with Gasteiger partial charge in [0.2, 0.25) is 11.7 Å². The van der Waals surface area contributed by atoms with Gasteiger partial charge in [-0.2, -0.15) is 0 Å². The standard InChI is InChI=1S/C14H14ClNO3/c1-8(2)7-11-12(14(17)18)19-13(16-11)9-3-5-10(15)6-4-9/h3-6,8H,7H2,1-2H3,(H,17,18). The Kier molecular flexibility index (Phi) is 3.90. The first-order chi connectivity index (χ1) is 8.97. The third kappa shape index (κ3) is 3.15. The van der Waals surface area contributed by atoms with Crippen molar-refractivity contribution in [3.63, 3.8) is 0 Å². The molecule has 0 unspecified atom stereocenters. The van der Waals surface area contributed by atoms with Gasteiger partial charge in [0.25, 0.3) is 0 Å². The summed E-state index contributed by atoms with van der Waals surface area (Å²) in [5.41, 5.74) is 1.19. The number of carboxylic acid groups (broad SMARTS) is 1. The molecule has 4 nitrogen and oxygen atoms in total. The van der Waals surface area contributed by atoms with Crippen molar-refractivity contribution in [3.8, 4) is 11.5 Å². The maximum atomic E-state index is 11.1. The molecule has 1 aromatic heterocycles. The molecule has 100 valence electrons. The lowest BCUT2D eigenvalue weighted by atomic mass is 10.1. The summed E-state index contributed by atoms with van der Waals surface area (Å²) in [7, 11) is 0. The van der Waals surface area contributed by atoms with Crippen LogP contribution in [0.2, 0.25) is 5.02 Å². The Hall–Kier alpha value is -1.81. The second-order valence-corrected chi connectivity index (χ2v) is 5.14. The maximum absolute atomic E-state index is 11.1. The van der Waals surface area contributed by atoms with Crippen LogP contribution in [0, 0.1) is 5.92 Å². The summed E-state index contributed by atoms with van der Waals surface area (Å²) in [6.45, 7) is 4.00. The Morgan fingerprint density at radius 3 is 2.53 bits per heavy atom. The van der Waals surface area contributed by atoms with Crippen molar-refractivity contribution in [2.75, 3.05) is 0 Å². The van der Waals surface area contributed by atoms with Crippen LogP contribution in [-0.2, 0) is 6.42 Å². The van der Waals surface area contributed by atoms with Crippen molar-refractivity contribution < 1.29 is 14.3 Å². The summed E-state index contributed by atoms with van der Waals surface area (Å²) < 4.78 is 5.35. The molecule has 1 aromatic carbocycles. The quantitative estimate of drug-likeness (QED) is 0.922. The van der Waals surface area contributed by atoms with Gasteiger partial charge < -0.3 is 9.52 Å². The lowest BCUT2D eigenvalue weighted by molar-refractivity contribution is 0.0661. The van der Waals surface area contributed by atoms with Crippen molar-refractivity contribution in [1.29, 1.82) is 0 Å². The zero-order chi connectivity index (χ0) is 14.0. The number of aromatic nitrogens is 1. The minimum absolute atomic E-state index is 0.0846. The largest absolute Gasteiger partial charge is 0.475 e. The number of nitrogens with zero attached hydrogens (tertiary/aromatic N) is 1. The van der Waals surface area contributed by atoms with E-state index in [1.165, 1.54) is 0 Å². The van der Waals surface area contributed by atoms with Crippen molar-refractivity contribution >= 4 is 17.6 Å². The lowest BCUT2D eigenvalue weighted by Gasteiger charge is -2.00. The number of carboxylic acids is 1. The molecule has 0 spiro atoms. The number of rotatable bonds is 4. The molecule has 1 heterocycles. The molecule has 0 aliphatic heterocycles. The van der Waals surface area contributed by atoms with Gasteiger partial charge in [0, 0.05) is 10.6 Å². The van der Waals surface area contributed by atoms with Crippen LogP contribution in [0.15, 0.2) is 28.7 Å². The average Bonchev–Trinajstić information content (AvgIpc) is 2.73. The van der Waals surface area contributed by atoms with E-state index in [1.807, 2.05) is 13.8 Å². The van der Waals surface area contributed by atoms with Gasteiger partial charge in [-0.3, -0.25) is 0 Å². The lowest BCUT2D eigenvalue weighted by Crippen LogP contribution is -2.03. The SMILES string of the molecule is CC(C)Cc1nc(-c2ccc(Cl)cc2)oc1C(=O)O. The van der Waals surface area contributed by atoms with Gasteiger partial charge >= 0.3 is 5.97 Å². The number of carbonyl (C=O) groups is 1. The second kappa shape index (κ2) is 5.45. The molecule has 0 aliphatic carbocycles. The Labute approximate surface area is 116 Å². The summed E-state index contributed by atoms with van der Waals surface area (Å²) in [6.07, 6.45) is 0.568. The fraction of sp³-hybridized carbons (Fsp3) is 0.286. The molecule has 0 saturated heterocycles. The normalized spacial score (nSPS) is 10.9. The van der Waals surface area contributed by atoms with Crippen molar-refractivity contribution in [3.05, 3.63) is 40.7 Å². The van der Waals surface area contributed by atoms with Crippen molar-refractivity contribution in [2.45, 2.75) is 20.3 Å². The molecule has 0 aliphatic rings. The average molecular weight is 280 g/mol. The van der Waals surface area contributed by atoms with Crippen molar-refractivity contribution in [2.24, 2.45) is 5.92 Å². The third-order valence-corrected chi connectivity index (χ3v) is 2.84. The van der Waals surface area contributed by atoms with Gasteiger partial charge in [-0.15, -0.1) is 0 Å². The van der Waals surface area contributed by atoms with E-state index in [9.17, 15) is 4.79 Å². The summed E-state index contributed by atoms with van der Waals surface area (Å²) in [4.78, 5) is 15.4. The van der Waals surface area contributed by atoms with E-state index < -0.39 is 5.97 Å². The van der Waals surface area contributed by atoms with Crippen LogP contribution < -0.4 is 0 Å². The first-order valence-corrected chi connectivity index (χ1v) is 6.34. The number of hydrogen-bond donors (Lipinski definition) is 1. The Bertz CT molecular complexity index is 587. The summed E-state index contributed by atoms with van der Waals surface area (Å²) in [6, 6.07) is 6.92. The fourth-order valence-electron chi connectivity index (χ4n) is 1.76. The number of halogens is 1. The summed E-state index contributed by atoms with van der Waals surface area (Å²) in [5.74, 6) is -0.562. The molecule has 2 aromatic rings. The number of aromatic carboxylic acids is 1. The van der Waals surface area contributed by atoms with E-state index in [0.29, 0.717) is 34.5 Å². The first-order valence-electron chi connectivity index (χ1n) is 5.96. The topological polar surface area (TPSA) is 63.3 Å². The monoisotopic (exact) mass is 279 g/mol. The number of oxazole rings is 1. The molecule has 0 amide bonds. The molecular weight excluding hydrogens is 266 g/mol. The van der Waals surface area contributed by atoms with Gasteiger partial charge in [-0.05, 0) is 36.6 Å². The molecular formula is C14H14ClNO3. The van der Waals surface area contributed by atoms with Crippen LogP contribution in [0.3, 0.4) is 0 Å². The zero-order valence-electron chi connectivity index (χ0n) is 10.7. The molecule has 1 N–H and O–H groups in total. The third-order valence-electron chi connectivity index (χ3n) is 2.58. The molecule has 2 rings (SSSR count). The van der Waals surface area contributed by atoms with E-state index in [1.54, 1.807) is 24.3 Å².